The van der Waals surface area contributed by atoms with Crippen LogP contribution in [0, 0.1) is 0 Å². The number of aliphatic hydroxyl groups is 1. The van der Waals surface area contributed by atoms with Crippen molar-refractivity contribution in [3.8, 4) is 0 Å². The fraction of sp³-hybridized carbons (Fsp3) is 0.750. The Labute approximate surface area is 75.5 Å². The number of carboxylic acids is 1. The molecule has 3 N–H and O–H groups in total. The summed E-state index contributed by atoms with van der Waals surface area (Å²) < 4.78 is 0. The molecule has 0 saturated heterocycles. The minimum absolute atomic E-state index is 0. The molecular weight excluding hydrogens is 133 g/mol. The Morgan fingerprint density at radius 2 is 2.22 bits per heavy atom. The van der Waals surface area contributed by atoms with Gasteiger partial charge in [0, 0.05) is 0 Å². The number of rotatable bonds is 3. The number of carboxylic acid groups (broad SMARTS) is 1. The van der Waals surface area contributed by atoms with Gasteiger partial charge in [-0.3, -0.25) is 10.1 Å². The zero-order chi connectivity index (χ0) is 6.57. The summed E-state index contributed by atoms with van der Waals surface area (Å²) in [5, 5.41) is 18.7. The van der Waals surface area contributed by atoms with Crippen LogP contribution in [-0.2, 0) is 4.79 Å². The van der Waals surface area contributed by atoms with Crippen molar-refractivity contribution in [2.24, 2.45) is 0 Å². The number of nitrogens with one attached hydrogen (secondary N) is 1. The van der Waals surface area contributed by atoms with Crippen LogP contribution in [0.3, 0.4) is 0 Å². The molecule has 0 saturated carbocycles. The molecule has 0 aromatic carbocycles. The van der Waals surface area contributed by atoms with Crippen molar-refractivity contribution in [2.75, 3.05) is 6.54 Å². The molecule has 0 aromatic heterocycles. The quantitative estimate of drug-likeness (QED) is 0.327. The molecule has 0 spiro atoms. The number of carbonyl (C=O) groups is 1. The summed E-state index contributed by atoms with van der Waals surface area (Å²) in [6, 6.07) is 0. The van der Waals surface area contributed by atoms with Crippen LogP contribution in [0.1, 0.15) is 6.92 Å². The molecule has 5 heteroatoms. The topological polar surface area (TPSA) is 69.6 Å². The molecule has 0 heterocycles. The van der Waals surface area contributed by atoms with Gasteiger partial charge in [0.2, 0.25) is 0 Å². The fourth-order valence-corrected chi connectivity index (χ4v) is 0.235. The Hall–Kier alpha value is 0.390. The molecule has 0 aliphatic heterocycles. The second-order valence-electron chi connectivity index (χ2n) is 1.45. The average Bonchev–Trinajstić information content (AvgIpc) is 1.61. The fourth-order valence-electron chi connectivity index (χ4n) is 0.235. The van der Waals surface area contributed by atoms with Crippen molar-refractivity contribution in [3.05, 3.63) is 0 Å². The van der Waals surface area contributed by atoms with Gasteiger partial charge < -0.3 is 10.2 Å². The van der Waals surface area contributed by atoms with Crippen LogP contribution in [-0.4, -0.2) is 58.5 Å². The van der Waals surface area contributed by atoms with E-state index in [1.165, 1.54) is 6.92 Å². The standard InChI is InChI=1S/C4H9NO3.Na.H/c1-3(6)5-2-4(7)8;;/h3,5-6H,2H2,1H3,(H,7,8);;. The van der Waals surface area contributed by atoms with Crippen molar-refractivity contribution >= 4 is 35.5 Å². The first-order valence-electron chi connectivity index (χ1n) is 2.26. The second-order valence-corrected chi connectivity index (χ2v) is 1.45. The van der Waals surface area contributed by atoms with Gasteiger partial charge in [0.05, 0.1) is 6.54 Å². The first kappa shape index (κ1) is 12.1. The van der Waals surface area contributed by atoms with E-state index in [9.17, 15) is 4.79 Å². The molecule has 0 rings (SSSR count). The van der Waals surface area contributed by atoms with E-state index in [-0.39, 0.29) is 36.1 Å². The minimum atomic E-state index is -0.967. The number of hydrogen-bond acceptors (Lipinski definition) is 3. The molecule has 50 valence electrons. The van der Waals surface area contributed by atoms with E-state index < -0.39 is 12.2 Å². The Balaban J connectivity index is 0. The van der Waals surface area contributed by atoms with E-state index in [0.717, 1.165) is 0 Å². The third-order valence-electron chi connectivity index (χ3n) is 0.549. The average molecular weight is 143 g/mol. The molecule has 0 radical (unpaired) electrons. The second kappa shape index (κ2) is 6.51. The maximum absolute atomic E-state index is 9.73. The molecule has 0 amide bonds. The van der Waals surface area contributed by atoms with Gasteiger partial charge >= 0.3 is 35.5 Å². The van der Waals surface area contributed by atoms with Crippen LogP contribution in [0.2, 0.25) is 0 Å². The van der Waals surface area contributed by atoms with Gasteiger partial charge in [0.1, 0.15) is 6.23 Å². The van der Waals surface area contributed by atoms with Crippen LogP contribution in [0.15, 0.2) is 0 Å². The molecule has 1 unspecified atom stereocenters. The van der Waals surface area contributed by atoms with E-state index in [4.69, 9.17) is 10.2 Å². The van der Waals surface area contributed by atoms with Crippen molar-refractivity contribution in [1.82, 2.24) is 5.32 Å². The van der Waals surface area contributed by atoms with E-state index in [0.29, 0.717) is 0 Å². The third kappa shape index (κ3) is 11.8. The molecular formula is C4H10NNaO3. The van der Waals surface area contributed by atoms with Crippen LogP contribution in [0.4, 0.5) is 0 Å². The zero-order valence-corrected chi connectivity index (χ0v) is 4.59. The van der Waals surface area contributed by atoms with Gasteiger partial charge in [-0.25, -0.2) is 0 Å². The van der Waals surface area contributed by atoms with Crippen molar-refractivity contribution in [2.45, 2.75) is 13.2 Å². The molecule has 0 aromatic rings. The van der Waals surface area contributed by atoms with Crippen molar-refractivity contribution in [3.63, 3.8) is 0 Å². The molecule has 9 heavy (non-hydrogen) atoms. The van der Waals surface area contributed by atoms with Gasteiger partial charge in [-0.15, -0.1) is 0 Å². The molecule has 0 fully saturated rings. The van der Waals surface area contributed by atoms with E-state index in [1.807, 2.05) is 0 Å². The number of hydrogen-bond donors (Lipinski definition) is 3. The van der Waals surface area contributed by atoms with E-state index in [1.54, 1.807) is 0 Å². The summed E-state index contributed by atoms with van der Waals surface area (Å²) in [6.45, 7) is 1.26. The van der Waals surface area contributed by atoms with Crippen LogP contribution < -0.4 is 5.32 Å². The summed E-state index contributed by atoms with van der Waals surface area (Å²) in [6.07, 6.45) is -0.744. The monoisotopic (exact) mass is 143 g/mol. The maximum atomic E-state index is 9.73. The van der Waals surface area contributed by atoms with Crippen LogP contribution >= 0.6 is 0 Å². The Morgan fingerprint density at radius 3 is 2.33 bits per heavy atom. The van der Waals surface area contributed by atoms with Gasteiger partial charge in [0.25, 0.3) is 0 Å². The summed E-state index contributed by atoms with van der Waals surface area (Å²) >= 11 is 0. The summed E-state index contributed by atoms with van der Waals surface area (Å²) in [4.78, 5) is 9.73. The van der Waals surface area contributed by atoms with E-state index in [2.05, 4.69) is 5.32 Å². The molecule has 4 nitrogen and oxygen atoms in total. The molecule has 1 atom stereocenters. The van der Waals surface area contributed by atoms with Gasteiger partial charge in [-0.1, -0.05) is 0 Å². The van der Waals surface area contributed by atoms with Crippen molar-refractivity contribution in [1.29, 1.82) is 0 Å². The van der Waals surface area contributed by atoms with Crippen LogP contribution in [0.5, 0.6) is 0 Å². The van der Waals surface area contributed by atoms with Crippen LogP contribution in [0.25, 0.3) is 0 Å². The van der Waals surface area contributed by atoms with Crippen molar-refractivity contribution < 1.29 is 15.0 Å². The first-order chi connectivity index (χ1) is 3.63. The molecule has 0 aliphatic rings. The normalized spacial score (nSPS) is 11.8. The third-order valence-corrected chi connectivity index (χ3v) is 0.549. The Morgan fingerprint density at radius 1 is 1.78 bits per heavy atom. The summed E-state index contributed by atoms with van der Waals surface area (Å²) in [7, 11) is 0. The Bertz CT molecular complexity index is 85.9. The number of aliphatic hydroxyl groups excluding tert-OH is 1. The van der Waals surface area contributed by atoms with Gasteiger partial charge in [0.15, 0.2) is 0 Å². The SMILES string of the molecule is CC(O)NCC(=O)O.[NaH]. The first-order valence-corrected chi connectivity index (χ1v) is 2.26. The Kier molecular flexibility index (Phi) is 8.75. The summed E-state index contributed by atoms with van der Waals surface area (Å²) in [5.41, 5.74) is 0. The predicted molar refractivity (Wildman–Crippen MR) is 34.5 cm³/mol. The van der Waals surface area contributed by atoms with Gasteiger partial charge in [-0.05, 0) is 6.92 Å². The molecule has 0 aliphatic carbocycles. The zero-order valence-electron chi connectivity index (χ0n) is 4.59. The van der Waals surface area contributed by atoms with E-state index >= 15 is 0 Å². The molecule has 0 bridgehead atoms. The number of aliphatic carboxylic acids is 1. The predicted octanol–water partition coefficient (Wildman–Crippen LogP) is -1.65. The van der Waals surface area contributed by atoms with Gasteiger partial charge in [-0.2, -0.15) is 0 Å². The summed E-state index contributed by atoms with van der Waals surface area (Å²) in [5.74, 6) is -0.967.